The summed E-state index contributed by atoms with van der Waals surface area (Å²) < 4.78 is 0. The molecule has 0 aliphatic heterocycles. The van der Waals surface area contributed by atoms with Crippen LogP contribution in [-0.4, -0.2) is 46.1 Å². The minimum absolute atomic E-state index is 0. The van der Waals surface area contributed by atoms with E-state index in [1.807, 2.05) is 48.5 Å². The molecule has 4 heteroatoms. The fraction of sp³-hybridized carbons (Fsp3) is 0.0556. The van der Waals surface area contributed by atoms with Crippen molar-refractivity contribution in [1.29, 1.82) is 0 Å². The second-order valence-corrected chi connectivity index (χ2v) is 5.14. The molecule has 2 aromatic carbocycles. The van der Waals surface area contributed by atoms with Crippen LogP contribution in [0.25, 0.3) is 10.9 Å². The van der Waals surface area contributed by atoms with Gasteiger partial charge in [0.15, 0.2) is 0 Å². The Hall–Kier alpha value is -1.81. The van der Waals surface area contributed by atoms with Crippen LogP contribution in [0.1, 0.15) is 27.5 Å². The Balaban J connectivity index is 0.00000144. The number of pyridine rings is 1. The fourth-order valence-electron chi connectivity index (χ4n) is 2.90. The van der Waals surface area contributed by atoms with Gasteiger partial charge < -0.3 is 0 Å². The van der Waals surface area contributed by atoms with Crippen molar-refractivity contribution in [3.05, 3.63) is 77.5 Å². The van der Waals surface area contributed by atoms with Crippen molar-refractivity contribution in [3.63, 3.8) is 0 Å². The first-order chi connectivity index (χ1) is 10.3. The summed E-state index contributed by atoms with van der Waals surface area (Å²) in [7, 11) is 0. The van der Waals surface area contributed by atoms with Gasteiger partial charge in [0, 0.05) is 40.5 Å². The van der Waals surface area contributed by atoms with Crippen LogP contribution in [0.5, 0.6) is 0 Å². The van der Waals surface area contributed by atoms with Gasteiger partial charge in [-0.25, -0.2) is 0 Å². The number of carbonyl (C=O) groups excluding carboxylic acids is 2. The van der Waals surface area contributed by atoms with Crippen LogP contribution < -0.4 is 0 Å². The van der Waals surface area contributed by atoms with Gasteiger partial charge in [-0.2, -0.15) is 0 Å². The second-order valence-electron chi connectivity index (χ2n) is 5.14. The van der Waals surface area contributed by atoms with Crippen molar-refractivity contribution in [2.45, 2.75) is 5.92 Å². The molecule has 4 rings (SSSR count). The summed E-state index contributed by atoms with van der Waals surface area (Å²) >= 11 is 0. The van der Waals surface area contributed by atoms with Crippen LogP contribution in [0, 0.1) is 0 Å². The van der Waals surface area contributed by atoms with E-state index in [4.69, 9.17) is 0 Å². The molecule has 3 nitrogen and oxygen atoms in total. The topological polar surface area (TPSA) is 47.0 Å². The van der Waals surface area contributed by atoms with Gasteiger partial charge >= 0.3 is 0 Å². The predicted octanol–water partition coefficient (Wildman–Crippen LogP) is 2.75. The van der Waals surface area contributed by atoms with E-state index in [0.29, 0.717) is 11.3 Å². The van der Waals surface area contributed by atoms with Crippen LogP contribution in [-0.2, 0) is 4.79 Å². The van der Waals surface area contributed by atoms with E-state index in [-0.39, 0.29) is 35.3 Å². The molecule has 1 aliphatic rings. The van der Waals surface area contributed by atoms with E-state index in [9.17, 15) is 9.59 Å². The molecular formula is C18H11NNaO2. The first-order valence-electron chi connectivity index (χ1n) is 6.79. The molecule has 0 fully saturated rings. The molecule has 1 atom stereocenters. The number of hydrogen-bond acceptors (Lipinski definition) is 3. The summed E-state index contributed by atoms with van der Waals surface area (Å²) in [4.78, 5) is 28.9. The van der Waals surface area contributed by atoms with Gasteiger partial charge in [0.25, 0.3) is 0 Å². The Morgan fingerprint density at radius 2 is 1.55 bits per heavy atom. The summed E-state index contributed by atoms with van der Waals surface area (Å²) in [6.45, 7) is 0. The van der Waals surface area contributed by atoms with Crippen molar-refractivity contribution in [1.82, 2.24) is 4.98 Å². The zero-order valence-corrected chi connectivity index (χ0v) is 14.1. The van der Waals surface area contributed by atoms with Gasteiger partial charge in [-0.1, -0.05) is 48.5 Å². The summed E-state index contributed by atoms with van der Waals surface area (Å²) in [5, 5.41) is 1.02. The zero-order chi connectivity index (χ0) is 14.4. The number of para-hydroxylation sites is 1. The molecule has 0 saturated heterocycles. The monoisotopic (exact) mass is 296 g/mol. The molecule has 22 heavy (non-hydrogen) atoms. The number of benzene rings is 2. The molecule has 0 amide bonds. The molecule has 0 saturated carbocycles. The Bertz CT molecular complexity index is 904. The maximum absolute atomic E-state index is 12.3. The largest absolute Gasteiger partial charge is 0.289 e. The average Bonchev–Trinajstić information content (AvgIpc) is 2.79. The maximum atomic E-state index is 12.3. The van der Waals surface area contributed by atoms with E-state index >= 15 is 0 Å². The van der Waals surface area contributed by atoms with E-state index in [1.54, 1.807) is 12.1 Å². The quantitative estimate of drug-likeness (QED) is 0.512. The van der Waals surface area contributed by atoms with Gasteiger partial charge in [-0.3, -0.25) is 14.6 Å². The van der Waals surface area contributed by atoms with E-state index in [1.165, 1.54) is 0 Å². The normalized spacial score (nSPS) is 16.5. The molecule has 1 aromatic heterocycles. The zero-order valence-electron chi connectivity index (χ0n) is 12.1. The van der Waals surface area contributed by atoms with E-state index < -0.39 is 11.7 Å². The summed E-state index contributed by atoms with van der Waals surface area (Å²) in [6.07, 6.45) is 0. The summed E-state index contributed by atoms with van der Waals surface area (Å²) in [6, 6.07) is 18.7. The summed E-state index contributed by atoms with van der Waals surface area (Å²) in [5.41, 5.74) is 2.73. The van der Waals surface area contributed by atoms with Crippen molar-refractivity contribution >= 4 is 52.0 Å². The molecule has 101 valence electrons. The number of fused-ring (bicyclic) bond motifs is 2. The fourth-order valence-corrected chi connectivity index (χ4v) is 2.90. The van der Waals surface area contributed by atoms with E-state index in [2.05, 4.69) is 4.98 Å². The summed E-state index contributed by atoms with van der Waals surface area (Å²) in [5.74, 6) is -1.37. The van der Waals surface area contributed by atoms with Gasteiger partial charge in [-0.05, 0) is 17.7 Å². The van der Waals surface area contributed by atoms with Crippen LogP contribution in [0.3, 0.4) is 0 Å². The number of Topliss-reactive ketones (excluding diaryl/α,β-unsaturated/α-hetero) is 2. The molecule has 1 heterocycles. The predicted molar refractivity (Wildman–Crippen MR) is 85.1 cm³/mol. The first kappa shape index (κ1) is 15.1. The maximum Gasteiger partial charge on any atom is 0.229 e. The molecule has 1 aliphatic carbocycles. The molecule has 1 unspecified atom stereocenters. The number of ketones is 2. The molecule has 0 spiro atoms. The van der Waals surface area contributed by atoms with Crippen molar-refractivity contribution in [3.8, 4) is 0 Å². The number of aromatic nitrogens is 1. The van der Waals surface area contributed by atoms with Crippen LogP contribution >= 0.6 is 0 Å². The smallest absolute Gasteiger partial charge is 0.229 e. The van der Waals surface area contributed by atoms with Crippen molar-refractivity contribution < 1.29 is 9.59 Å². The minimum Gasteiger partial charge on any atom is -0.289 e. The Kier molecular flexibility index (Phi) is 3.96. The van der Waals surface area contributed by atoms with E-state index in [0.717, 1.165) is 16.5 Å². The standard InChI is InChI=1S/C18H11NO2.Na/c20-17-13-7-3-2-6-12(13)16(18(17)21)15-10-9-11-5-1-4-8-14(11)19-15;/h1-10,16H;. The molecule has 1 radical (unpaired) electrons. The number of carbonyl (C=O) groups is 2. The molecular weight excluding hydrogens is 285 g/mol. The van der Waals surface area contributed by atoms with Gasteiger partial charge in [0.1, 0.15) is 0 Å². The number of nitrogens with zero attached hydrogens (tertiary/aromatic N) is 1. The van der Waals surface area contributed by atoms with Gasteiger partial charge in [-0.15, -0.1) is 0 Å². The first-order valence-corrected chi connectivity index (χ1v) is 6.79. The van der Waals surface area contributed by atoms with Gasteiger partial charge in [0.05, 0.1) is 17.1 Å². The Morgan fingerprint density at radius 1 is 0.818 bits per heavy atom. The van der Waals surface area contributed by atoms with Crippen LogP contribution in [0.2, 0.25) is 0 Å². The second kappa shape index (κ2) is 5.76. The average molecular weight is 296 g/mol. The third-order valence-electron chi connectivity index (χ3n) is 3.92. The number of hydrogen-bond donors (Lipinski definition) is 0. The Labute approximate surface area is 149 Å². The molecule has 3 aromatic rings. The van der Waals surface area contributed by atoms with Crippen molar-refractivity contribution in [2.75, 3.05) is 0 Å². The molecule has 0 bridgehead atoms. The van der Waals surface area contributed by atoms with Crippen LogP contribution in [0.4, 0.5) is 0 Å². The number of rotatable bonds is 1. The van der Waals surface area contributed by atoms with Gasteiger partial charge in [0.2, 0.25) is 11.6 Å². The molecule has 0 N–H and O–H groups in total. The van der Waals surface area contributed by atoms with Crippen molar-refractivity contribution in [2.24, 2.45) is 0 Å². The Morgan fingerprint density at radius 3 is 2.41 bits per heavy atom. The SMILES string of the molecule is O=C1C(=O)C(c2ccc3ccccc3n2)c2ccccc21.[Na]. The third-order valence-corrected chi connectivity index (χ3v) is 3.92. The third kappa shape index (κ3) is 2.22. The minimum atomic E-state index is -0.571. The van der Waals surface area contributed by atoms with Crippen LogP contribution in [0.15, 0.2) is 60.7 Å².